The third-order valence-electron chi connectivity index (χ3n) is 2.94. The first kappa shape index (κ1) is 13.0. The zero-order chi connectivity index (χ0) is 13.4. The van der Waals surface area contributed by atoms with E-state index in [1.54, 1.807) is 0 Å². The number of hydrogen-bond acceptors (Lipinski definition) is 6. The first-order valence-corrected chi connectivity index (χ1v) is 5.40. The number of nitrogens with one attached hydrogen (secondary N) is 1. The molecule has 2 heterocycles. The first-order valence-electron chi connectivity index (χ1n) is 5.40. The Morgan fingerprint density at radius 1 is 1.39 bits per heavy atom. The van der Waals surface area contributed by atoms with Gasteiger partial charge in [-0.25, -0.2) is 4.79 Å². The lowest BCUT2D eigenvalue weighted by Gasteiger charge is -2.17. The van der Waals surface area contributed by atoms with Crippen LogP contribution in [0.5, 0.6) is 0 Å². The SMILES string of the molecule is Cc1cn([C@@H]2O[C@H](CO)[C@@H](O)C2O)c(=O)[nH]c1=O. The van der Waals surface area contributed by atoms with Crippen LogP contribution in [0.15, 0.2) is 15.8 Å². The van der Waals surface area contributed by atoms with E-state index >= 15 is 0 Å². The fourth-order valence-electron chi connectivity index (χ4n) is 1.88. The van der Waals surface area contributed by atoms with Crippen molar-refractivity contribution in [3.05, 3.63) is 32.6 Å². The predicted molar refractivity (Wildman–Crippen MR) is 59.1 cm³/mol. The average Bonchev–Trinajstić information content (AvgIpc) is 2.61. The van der Waals surface area contributed by atoms with Crippen LogP contribution in [-0.4, -0.2) is 49.8 Å². The predicted octanol–water partition coefficient (Wildman–Crippen LogP) is -2.54. The molecular weight excluding hydrogens is 244 g/mol. The fourth-order valence-corrected chi connectivity index (χ4v) is 1.88. The van der Waals surface area contributed by atoms with Crippen molar-refractivity contribution in [2.24, 2.45) is 0 Å². The number of rotatable bonds is 2. The molecule has 1 unspecified atom stereocenters. The Balaban J connectivity index is 2.42. The van der Waals surface area contributed by atoms with Crippen molar-refractivity contribution in [1.29, 1.82) is 0 Å². The standard InChI is InChI=1S/C10H14N2O6/c1-4-2-12(10(17)11-8(4)16)9-7(15)6(14)5(3-13)18-9/h2,5-7,9,13-15H,3H2,1H3,(H,11,16,17)/t5-,6-,7?,9-/m1/s1. The Morgan fingerprint density at radius 2 is 2.06 bits per heavy atom. The monoisotopic (exact) mass is 258 g/mol. The van der Waals surface area contributed by atoms with Gasteiger partial charge in [0.05, 0.1) is 6.61 Å². The molecule has 8 nitrogen and oxygen atoms in total. The van der Waals surface area contributed by atoms with Gasteiger partial charge in [-0.05, 0) is 6.92 Å². The largest absolute Gasteiger partial charge is 0.394 e. The summed E-state index contributed by atoms with van der Waals surface area (Å²) in [7, 11) is 0. The third kappa shape index (κ3) is 1.99. The van der Waals surface area contributed by atoms with Crippen LogP contribution in [0, 0.1) is 6.92 Å². The van der Waals surface area contributed by atoms with Crippen LogP contribution in [0.2, 0.25) is 0 Å². The lowest BCUT2D eigenvalue weighted by Crippen LogP contribution is -2.38. The minimum atomic E-state index is -1.36. The number of nitrogens with zero attached hydrogens (tertiary/aromatic N) is 1. The van der Waals surface area contributed by atoms with Gasteiger partial charge < -0.3 is 20.1 Å². The fraction of sp³-hybridized carbons (Fsp3) is 0.600. The molecule has 0 bridgehead atoms. The van der Waals surface area contributed by atoms with E-state index in [2.05, 4.69) is 4.98 Å². The molecule has 0 spiro atoms. The molecule has 1 aromatic rings. The van der Waals surface area contributed by atoms with Gasteiger partial charge >= 0.3 is 5.69 Å². The summed E-state index contributed by atoms with van der Waals surface area (Å²) in [5.41, 5.74) is -1.00. The molecule has 8 heteroatoms. The van der Waals surface area contributed by atoms with Crippen molar-refractivity contribution in [2.75, 3.05) is 6.61 Å². The van der Waals surface area contributed by atoms with E-state index < -0.39 is 42.4 Å². The molecule has 0 aliphatic carbocycles. The second kappa shape index (κ2) is 4.65. The quantitative estimate of drug-likeness (QED) is 0.463. The number of aryl methyl sites for hydroxylation is 1. The maximum atomic E-state index is 11.6. The average molecular weight is 258 g/mol. The maximum Gasteiger partial charge on any atom is 0.330 e. The lowest BCUT2D eigenvalue weighted by atomic mass is 10.1. The molecule has 0 amide bonds. The van der Waals surface area contributed by atoms with E-state index in [1.807, 2.05) is 0 Å². The van der Waals surface area contributed by atoms with E-state index in [9.17, 15) is 19.8 Å². The van der Waals surface area contributed by atoms with E-state index in [0.29, 0.717) is 0 Å². The summed E-state index contributed by atoms with van der Waals surface area (Å²) in [5, 5.41) is 28.3. The zero-order valence-electron chi connectivity index (χ0n) is 9.61. The summed E-state index contributed by atoms with van der Waals surface area (Å²) in [6, 6.07) is 0. The number of hydrogen-bond donors (Lipinski definition) is 4. The molecule has 4 N–H and O–H groups in total. The number of aliphatic hydroxyl groups is 3. The first-order chi connectivity index (χ1) is 8.45. The van der Waals surface area contributed by atoms with Gasteiger partial charge in [0.2, 0.25) is 0 Å². The van der Waals surface area contributed by atoms with Crippen LogP contribution >= 0.6 is 0 Å². The van der Waals surface area contributed by atoms with Crippen molar-refractivity contribution in [1.82, 2.24) is 9.55 Å². The zero-order valence-corrected chi connectivity index (χ0v) is 9.61. The highest BCUT2D eigenvalue weighted by Gasteiger charge is 2.43. The molecule has 0 saturated carbocycles. The molecule has 1 saturated heterocycles. The molecular formula is C10H14N2O6. The number of ether oxygens (including phenoxy) is 1. The van der Waals surface area contributed by atoms with E-state index in [1.165, 1.54) is 13.1 Å². The molecule has 1 aliphatic rings. The normalized spacial score (nSPS) is 31.8. The van der Waals surface area contributed by atoms with Gasteiger partial charge in [-0.3, -0.25) is 14.3 Å². The number of aromatic nitrogens is 2. The maximum absolute atomic E-state index is 11.6. The summed E-state index contributed by atoms with van der Waals surface area (Å²) in [6.45, 7) is 1.02. The summed E-state index contributed by atoms with van der Waals surface area (Å²) in [4.78, 5) is 24.9. The van der Waals surface area contributed by atoms with Crippen LogP contribution in [0.1, 0.15) is 11.8 Å². The minimum absolute atomic E-state index is 0.271. The molecule has 1 aromatic heterocycles. The molecule has 1 aliphatic heterocycles. The topological polar surface area (TPSA) is 125 Å². The van der Waals surface area contributed by atoms with Gasteiger partial charge in [0.15, 0.2) is 6.23 Å². The van der Waals surface area contributed by atoms with Crippen molar-refractivity contribution in [3.8, 4) is 0 Å². The molecule has 4 atom stereocenters. The van der Waals surface area contributed by atoms with Crippen molar-refractivity contribution in [3.63, 3.8) is 0 Å². The van der Waals surface area contributed by atoms with Gasteiger partial charge in [0, 0.05) is 11.8 Å². The third-order valence-corrected chi connectivity index (χ3v) is 2.94. The highest BCUT2D eigenvalue weighted by atomic mass is 16.6. The van der Waals surface area contributed by atoms with Crippen molar-refractivity contribution in [2.45, 2.75) is 31.5 Å². The lowest BCUT2D eigenvalue weighted by molar-refractivity contribution is -0.0551. The molecule has 18 heavy (non-hydrogen) atoms. The van der Waals surface area contributed by atoms with E-state index in [-0.39, 0.29) is 5.56 Å². The summed E-state index contributed by atoms with van der Waals surface area (Å²) >= 11 is 0. The minimum Gasteiger partial charge on any atom is -0.394 e. The number of aliphatic hydroxyl groups excluding tert-OH is 3. The highest BCUT2D eigenvalue weighted by Crippen LogP contribution is 2.27. The van der Waals surface area contributed by atoms with E-state index in [0.717, 1.165) is 4.57 Å². The molecule has 2 rings (SSSR count). The second-order valence-electron chi connectivity index (χ2n) is 4.21. The summed E-state index contributed by atoms with van der Waals surface area (Å²) in [6.07, 6.45) is -3.52. The molecule has 1 fully saturated rings. The molecule has 0 aromatic carbocycles. The number of H-pyrrole nitrogens is 1. The summed E-state index contributed by atoms with van der Waals surface area (Å²) in [5.74, 6) is 0. The van der Waals surface area contributed by atoms with Crippen LogP contribution in [0.4, 0.5) is 0 Å². The van der Waals surface area contributed by atoms with E-state index in [4.69, 9.17) is 9.84 Å². The smallest absolute Gasteiger partial charge is 0.330 e. The van der Waals surface area contributed by atoms with Crippen molar-refractivity contribution >= 4 is 0 Å². The number of aromatic amines is 1. The summed E-state index contributed by atoms with van der Waals surface area (Å²) < 4.78 is 6.17. The Bertz CT molecular complexity index is 550. The van der Waals surface area contributed by atoms with Crippen LogP contribution in [0.25, 0.3) is 0 Å². The Kier molecular flexibility index (Phi) is 3.35. The van der Waals surface area contributed by atoms with Gasteiger partial charge in [-0.1, -0.05) is 0 Å². The van der Waals surface area contributed by atoms with Gasteiger partial charge in [0.1, 0.15) is 18.3 Å². The molecule has 0 radical (unpaired) electrons. The highest BCUT2D eigenvalue weighted by molar-refractivity contribution is 5.03. The van der Waals surface area contributed by atoms with Crippen LogP contribution in [0.3, 0.4) is 0 Å². The van der Waals surface area contributed by atoms with Gasteiger partial charge in [0.25, 0.3) is 5.56 Å². The Labute approximate surface area is 101 Å². The van der Waals surface area contributed by atoms with Crippen LogP contribution in [-0.2, 0) is 4.74 Å². The van der Waals surface area contributed by atoms with Crippen molar-refractivity contribution < 1.29 is 20.1 Å². The van der Waals surface area contributed by atoms with Gasteiger partial charge in [-0.15, -0.1) is 0 Å². The van der Waals surface area contributed by atoms with Gasteiger partial charge in [-0.2, -0.15) is 0 Å². The Morgan fingerprint density at radius 3 is 2.61 bits per heavy atom. The Hall–Kier alpha value is -1.48. The van der Waals surface area contributed by atoms with Crippen LogP contribution < -0.4 is 11.2 Å². The second-order valence-corrected chi connectivity index (χ2v) is 4.21. The molecule has 100 valence electrons.